The maximum atomic E-state index is 12.0. The Balaban J connectivity index is 1.58. The van der Waals surface area contributed by atoms with Crippen LogP contribution in [0.15, 0.2) is 53.4 Å². The second kappa shape index (κ2) is 6.78. The molecule has 1 amide bonds. The summed E-state index contributed by atoms with van der Waals surface area (Å²) in [6.45, 7) is 2.73. The van der Waals surface area contributed by atoms with Crippen LogP contribution in [0.25, 0.3) is 0 Å². The number of anilines is 1. The van der Waals surface area contributed by atoms with E-state index in [9.17, 15) is 4.79 Å². The van der Waals surface area contributed by atoms with Gasteiger partial charge in [0.2, 0.25) is 5.91 Å². The van der Waals surface area contributed by atoms with Crippen LogP contribution in [-0.2, 0) is 17.9 Å². The SMILES string of the molecule is Cc1ccn(CC(=O)Nc2cnn(Cc3ccc(Br)cc3)c2)n1. The minimum absolute atomic E-state index is 0.128. The topological polar surface area (TPSA) is 64.7 Å². The van der Waals surface area contributed by atoms with Gasteiger partial charge in [-0.25, -0.2) is 0 Å². The lowest BCUT2D eigenvalue weighted by molar-refractivity contribution is -0.116. The first-order chi connectivity index (χ1) is 11.1. The molecule has 0 saturated heterocycles. The third-order valence-electron chi connectivity index (χ3n) is 3.25. The van der Waals surface area contributed by atoms with Gasteiger partial charge in [0.15, 0.2) is 0 Å². The van der Waals surface area contributed by atoms with Gasteiger partial charge in [-0.15, -0.1) is 0 Å². The van der Waals surface area contributed by atoms with E-state index in [4.69, 9.17) is 0 Å². The van der Waals surface area contributed by atoms with Crippen LogP contribution in [0.5, 0.6) is 0 Å². The smallest absolute Gasteiger partial charge is 0.246 e. The number of hydrogen-bond acceptors (Lipinski definition) is 3. The highest BCUT2D eigenvalue weighted by Gasteiger charge is 2.06. The van der Waals surface area contributed by atoms with Crippen molar-refractivity contribution in [2.45, 2.75) is 20.0 Å². The quantitative estimate of drug-likeness (QED) is 0.747. The minimum atomic E-state index is -0.128. The molecule has 0 aliphatic carbocycles. The molecular formula is C16H16BrN5O. The molecule has 6 nitrogen and oxygen atoms in total. The summed E-state index contributed by atoms with van der Waals surface area (Å²) in [5.74, 6) is -0.128. The molecule has 0 spiro atoms. The maximum Gasteiger partial charge on any atom is 0.246 e. The summed E-state index contributed by atoms with van der Waals surface area (Å²) in [5, 5.41) is 11.3. The van der Waals surface area contributed by atoms with Crippen molar-refractivity contribution >= 4 is 27.5 Å². The van der Waals surface area contributed by atoms with Crippen molar-refractivity contribution in [1.29, 1.82) is 0 Å². The fraction of sp³-hybridized carbons (Fsp3) is 0.188. The number of rotatable bonds is 5. The molecule has 1 N–H and O–H groups in total. The van der Waals surface area contributed by atoms with Crippen molar-refractivity contribution < 1.29 is 4.79 Å². The summed E-state index contributed by atoms with van der Waals surface area (Å²) >= 11 is 3.41. The third kappa shape index (κ3) is 4.29. The standard InChI is InChI=1S/C16H16BrN5O/c1-12-6-7-21(20-12)11-16(23)19-15-8-18-22(10-15)9-13-2-4-14(17)5-3-13/h2-8,10H,9,11H2,1H3,(H,19,23). The van der Waals surface area contributed by atoms with E-state index in [0.717, 1.165) is 15.7 Å². The summed E-state index contributed by atoms with van der Waals surface area (Å²) in [4.78, 5) is 12.0. The van der Waals surface area contributed by atoms with Crippen LogP contribution in [-0.4, -0.2) is 25.5 Å². The Hall–Kier alpha value is -2.41. The first-order valence-electron chi connectivity index (χ1n) is 7.15. The highest BCUT2D eigenvalue weighted by atomic mass is 79.9. The molecule has 3 aromatic rings. The van der Waals surface area contributed by atoms with E-state index in [0.29, 0.717) is 12.2 Å². The Bertz CT molecular complexity index is 806. The van der Waals surface area contributed by atoms with Crippen molar-refractivity contribution in [3.05, 3.63) is 64.7 Å². The lowest BCUT2D eigenvalue weighted by Crippen LogP contribution is -2.18. The van der Waals surface area contributed by atoms with Gasteiger partial charge >= 0.3 is 0 Å². The first kappa shape index (κ1) is 15.5. The van der Waals surface area contributed by atoms with Gasteiger partial charge in [0.25, 0.3) is 0 Å². The second-order valence-corrected chi connectivity index (χ2v) is 6.17. The zero-order chi connectivity index (χ0) is 16.2. The molecule has 0 atom stereocenters. The second-order valence-electron chi connectivity index (χ2n) is 5.26. The van der Waals surface area contributed by atoms with E-state index >= 15 is 0 Å². The monoisotopic (exact) mass is 373 g/mol. The molecule has 7 heteroatoms. The van der Waals surface area contributed by atoms with Crippen LogP contribution >= 0.6 is 15.9 Å². The molecule has 0 bridgehead atoms. The number of aryl methyl sites for hydroxylation is 1. The minimum Gasteiger partial charge on any atom is -0.322 e. The molecule has 3 rings (SSSR count). The number of nitrogens with zero attached hydrogens (tertiary/aromatic N) is 4. The van der Waals surface area contributed by atoms with Crippen LogP contribution in [0.3, 0.4) is 0 Å². The molecule has 0 unspecified atom stereocenters. The fourth-order valence-corrected chi connectivity index (χ4v) is 2.45. The number of aromatic nitrogens is 4. The predicted molar refractivity (Wildman–Crippen MR) is 91.1 cm³/mol. The third-order valence-corrected chi connectivity index (χ3v) is 3.78. The molecule has 1 aromatic carbocycles. The zero-order valence-corrected chi connectivity index (χ0v) is 14.2. The van der Waals surface area contributed by atoms with E-state index in [2.05, 4.69) is 31.4 Å². The fourth-order valence-electron chi connectivity index (χ4n) is 2.19. The summed E-state index contributed by atoms with van der Waals surface area (Å²) in [5.41, 5.74) is 2.71. The van der Waals surface area contributed by atoms with Gasteiger partial charge in [-0.05, 0) is 30.7 Å². The van der Waals surface area contributed by atoms with Crippen molar-refractivity contribution in [3.8, 4) is 0 Å². The van der Waals surface area contributed by atoms with Crippen molar-refractivity contribution in [1.82, 2.24) is 19.6 Å². The molecule has 2 heterocycles. The van der Waals surface area contributed by atoms with E-state index in [-0.39, 0.29) is 12.5 Å². The molecule has 23 heavy (non-hydrogen) atoms. The average Bonchev–Trinajstić information content (AvgIpc) is 3.11. The summed E-state index contributed by atoms with van der Waals surface area (Å²) < 4.78 is 4.44. The van der Waals surface area contributed by atoms with E-state index in [1.165, 1.54) is 0 Å². The number of carbonyl (C=O) groups excluding carboxylic acids is 1. The molecule has 0 aliphatic rings. The number of amides is 1. The molecule has 118 valence electrons. The highest BCUT2D eigenvalue weighted by Crippen LogP contribution is 2.12. The Labute approximate surface area is 142 Å². The van der Waals surface area contributed by atoms with E-state index in [1.54, 1.807) is 21.8 Å². The maximum absolute atomic E-state index is 12.0. The van der Waals surface area contributed by atoms with Crippen LogP contribution in [0.4, 0.5) is 5.69 Å². The molecular weight excluding hydrogens is 358 g/mol. The normalized spacial score (nSPS) is 10.7. The van der Waals surface area contributed by atoms with Crippen LogP contribution in [0.1, 0.15) is 11.3 Å². The number of carbonyl (C=O) groups is 1. The van der Waals surface area contributed by atoms with Crippen LogP contribution in [0.2, 0.25) is 0 Å². The number of benzene rings is 1. The first-order valence-corrected chi connectivity index (χ1v) is 7.94. The van der Waals surface area contributed by atoms with Crippen molar-refractivity contribution in [2.24, 2.45) is 0 Å². The van der Waals surface area contributed by atoms with E-state index in [1.807, 2.05) is 43.5 Å². The van der Waals surface area contributed by atoms with Crippen LogP contribution < -0.4 is 5.32 Å². The summed E-state index contributed by atoms with van der Waals surface area (Å²) in [6.07, 6.45) is 5.24. The Morgan fingerprint density at radius 2 is 2.00 bits per heavy atom. The molecule has 0 fully saturated rings. The Morgan fingerprint density at radius 3 is 2.70 bits per heavy atom. The lowest BCUT2D eigenvalue weighted by atomic mass is 10.2. The lowest BCUT2D eigenvalue weighted by Gasteiger charge is -2.03. The van der Waals surface area contributed by atoms with Gasteiger partial charge in [-0.2, -0.15) is 10.2 Å². The predicted octanol–water partition coefficient (Wildman–Crippen LogP) is 2.84. The Morgan fingerprint density at radius 1 is 1.22 bits per heavy atom. The van der Waals surface area contributed by atoms with Gasteiger partial charge in [0, 0.05) is 16.9 Å². The van der Waals surface area contributed by atoms with Crippen LogP contribution in [0, 0.1) is 6.92 Å². The number of halogens is 1. The van der Waals surface area contributed by atoms with Gasteiger partial charge in [-0.3, -0.25) is 14.2 Å². The molecule has 0 aliphatic heterocycles. The van der Waals surface area contributed by atoms with Crippen molar-refractivity contribution in [2.75, 3.05) is 5.32 Å². The summed E-state index contributed by atoms with van der Waals surface area (Å²) in [7, 11) is 0. The zero-order valence-electron chi connectivity index (χ0n) is 12.6. The largest absolute Gasteiger partial charge is 0.322 e. The molecule has 2 aromatic heterocycles. The van der Waals surface area contributed by atoms with E-state index < -0.39 is 0 Å². The van der Waals surface area contributed by atoms with Gasteiger partial charge in [0.05, 0.1) is 24.1 Å². The molecule has 0 saturated carbocycles. The summed E-state index contributed by atoms with van der Waals surface area (Å²) in [6, 6.07) is 9.92. The Kier molecular flexibility index (Phi) is 4.57. The van der Waals surface area contributed by atoms with Crippen molar-refractivity contribution in [3.63, 3.8) is 0 Å². The van der Waals surface area contributed by atoms with Gasteiger partial charge in [0.1, 0.15) is 6.54 Å². The number of nitrogens with one attached hydrogen (secondary N) is 1. The highest BCUT2D eigenvalue weighted by molar-refractivity contribution is 9.10. The number of hydrogen-bond donors (Lipinski definition) is 1. The molecule has 0 radical (unpaired) electrons. The van der Waals surface area contributed by atoms with Gasteiger partial charge < -0.3 is 5.32 Å². The van der Waals surface area contributed by atoms with Gasteiger partial charge in [-0.1, -0.05) is 28.1 Å². The average molecular weight is 374 g/mol.